The zero-order chi connectivity index (χ0) is 11.6. The molecule has 0 saturated heterocycles. The Labute approximate surface area is 105 Å². The van der Waals surface area contributed by atoms with Crippen molar-refractivity contribution in [1.29, 1.82) is 5.26 Å². The third kappa shape index (κ3) is 3.20. The Balaban J connectivity index is 3.14. The maximum Gasteiger partial charge on any atom is 0.573 e. The summed E-state index contributed by atoms with van der Waals surface area (Å²) in [6, 6.07) is 1.73. The van der Waals surface area contributed by atoms with E-state index in [1.165, 1.54) is 0 Å². The number of nitriles is 1. The van der Waals surface area contributed by atoms with E-state index in [1.807, 2.05) is 0 Å². The van der Waals surface area contributed by atoms with Crippen molar-refractivity contribution in [2.75, 3.05) is 0 Å². The van der Waals surface area contributed by atoms with E-state index in [4.69, 9.17) is 5.26 Å². The van der Waals surface area contributed by atoms with Gasteiger partial charge in [0.25, 0.3) is 0 Å². The lowest BCUT2D eigenvalue weighted by molar-refractivity contribution is -0.275. The molecule has 0 saturated carbocycles. The van der Waals surface area contributed by atoms with E-state index in [0.29, 0.717) is 0 Å². The first-order valence-electron chi connectivity index (χ1n) is 3.35. The van der Waals surface area contributed by atoms with Crippen LogP contribution in [0.4, 0.5) is 13.2 Å². The summed E-state index contributed by atoms with van der Waals surface area (Å²) in [5.74, 6) is -0.436. The average molecular weight is 393 g/mol. The van der Waals surface area contributed by atoms with E-state index in [2.05, 4.69) is 25.7 Å². The number of alkyl halides is 3. The molecule has 80 valence electrons. The fourth-order valence-corrected chi connectivity index (χ4v) is 1.61. The van der Waals surface area contributed by atoms with Crippen molar-refractivity contribution in [3.05, 3.63) is 19.9 Å². The molecule has 8 heteroatoms. The summed E-state index contributed by atoms with van der Waals surface area (Å²) in [4.78, 5) is 3.50. The molecule has 3 nitrogen and oxygen atoms in total. The first-order chi connectivity index (χ1) is 6.85. The molecular weight excluding hydrogens is 392 g/mol. The van der Waals surface area contributed by atoms with Crippen molar-refractivity contribution in [1.82, 2.24) is 4.98 Å². The molecule has 0 aromatic carbocycles. The summed E-state index contributed by atoms with van der Waals surface area (Å²) >= 11 is 4.59. The third-order valence-corrected chi connectivity index (χ3v) is 3.84. The van der Waals surface area contributed by atoms with Crippen LogP contribution in [-0.2, 0) is 0 Å². The second kappa shape index (κ2) is 4.52. The van der Waals surface area contributed by atoms with Crippen LogP contribution in [-0.4, -0.2) is 11.3 Å². The lowest BCUT2D eigenvalue weighted by Gasteiger charge is -2.10. The van der Waals surface area contributed by atoms with Crippen molar-refractivity contribution in [3.8, 4) is 11.8 Å². The van der Waals surface area contributed by atoms with Gasteiger partial charge in [0, 0.05) is 0 Å². The van der Waals surface area contributed by atoms with Crippen LogP contribution in [0, 0.1) is 14.9 Å². The molecule has 0 bridgehead atoms. The van der Waals surface area contributed by atoms with E-state index < -0.39 is 12.1 Å². The number of halogens is 5. The Morgan fingerprint density at radius 2 is 2.13 bits per heavy atom. The molecule has 0 aliphatic carbocycles. The maximum atomic E-state index is 11.9. The zero-order valence-electron chi connectivity index (χ0n) is 6.77. The Bertz CT molecular complexity index is 429. The highest BCUT2D eigenvalue weighted by atomic mass is 127. The standard InChI is InChI=1S/C7HBrF3IN2O/c8-5-3(1-13)14-2-4(6(5)12)15-7(9,10)11/h2H. The molecule has 0 N–H and O–H groups in total. The fourth-order valence-electron chi connectivity index (χ4n) is 0.722. The quantitative estimate of drug-likeness (QED) is 0.689. The SMILES string of the molecule is N#Cc1ncc(OC(F)(F)F)c(I)c1Br. The van der Waals surface area contributed by atoms with Gasteiger partial charge in [-0.25, -0.2) is 4.98 Å². The molecule has 1 rings (SSSR count). The van der Waals surface area contributed by atoms with Crippen LogP contribution in [0.25, 0.3) is 0 Å². The summed E-state index contributed by atoms with van der Waals surface area (Å²) < 4.78 is 39.7. The topological polar surface area (TPSA) is 45.9 Å². The number of hydrogen-bond donors (Lipinski definition) is 0. The van der Waals surface area contributed by atoms with Gasteiger partial charge in [0.1, 0.15) is 6.07 Å². The lowest BCUT2D eigenvalue weighted by atomic mass is 10.4. The van der Waals surface area contributed by atoms with Crippen LogP contribution in [0.2, 0.25) is 0 Å². The Morgan fingerprint density at radius 3 is 2.60 bits per heavy atom. The summed E-state index contributed by atoms with van der Waals surface area (Å²) in [5, 5.41) is 8.56. The van der Waals surface area contributed by atoms with Crippen LogP contribution in [0.3, 0.4) is 0 Å². The highest BCUT2D eigenvalue weighted by Gasteiger charge is 2.32. The molecule has 0 radical (unpaired) electrons. The molecule has 0 atom stereocenters. The van der Waals surface area contributed by atoms with E-state index in [9.17, 15) is 13.2 Å². The van der Waals surface area contributed by atoms with Gasteiger partial charge in [0.05, 0.1) is 14.2 Å². The summed E-state index contributed by atoms with van der Waals surface area (Å²) in [6.45, 7) is 0. The van der Waals surface area contributed by atoms with Gasteiger partial charge in [-0.05, 0) is 38.5 Å². The van der Waals surface area contributed by atoms with Gasteiger partial charge in [0.2, 0.25) is 0 Å². The van der Waals surface area contributed by atoms with Gasteiger partial charge in [-0.2, -0.15) is 5.26 Å². The minimum atomic E-state index is -4.77. The molecule has 1 aromatic heterocycles. The van der Waals surface area contributed by atoms with Crippen LogP contribution in [0.15, 0.2) is 10.7 Å². The molecule has 0 fully saturated rings. The van der Waals surface area contributed by atoms with Crippen molar-refractivity contribution in [3.63, 3.8) is 0 Å². The van der Waals surface area contributed by atoms with Crippen molar-refractivity contribution in [2.45, 2.75) is 6.36 Å². The minimum Gasteiger partial charge on any atom is -0.403 e. The highest BCUT2D eigenvalue weighted by molar-refractivity contribution is 14.1. The summed E-state index contributed by atoms with van der Waals surface area (Å²) in [7, 11) is 0. The van der Waals surface area contributed by atoms with Gasteiger partial charge in [-0.1, -0.05) is 0 Å². The predicted octanol–water partition coefficient (Wildman–Crippen LogP) is 3.22. The number of hydrogen-bond acceptors (Lipinski definition) is 3. The van der Waals surface area contributed by atoms with E-state index >= 15 is 0 Å². The monoisotopic (exact) mass is 392 g/mol. The normalized spacial score (nSPS) is 10.9. The fraction of sp³-hybridized carbons (Fsp3) is 0.143. The molecule has 0 aliphatic rings. The molecular formula is C7HBrF3IN2O. The van der Waals surface area contributed by atoms with Gasteiger partial charge < -0.3 is 4.74 Å². The van der Waals surface area contributed by atoms with Crippen molar-refractivity contribution >= 4 is 38.5 Å². The largest absolute Gasteiger partial charge is 0.573 e. The Hall–Kier alpha value is -0.560. The molecule has 15 heavy (non-hydrogen) atoms. The van der Waals surface area contributed by atoms with Crippen LogP contribution < -0.4 is 4.74 Å². The molecule has 0 amide bonds. The predicted molar refractivity (Wildman–Crippen MR) is 56.1 cm³/mol. The third-order valence-electron chi connectivity index (χ3n) is 1.26. The Kier molecular flexibility index (Phi) is 3.77. The first kappa shape index (κ1) is 12.5. The lowest BCUT2D eigenvalue weighted by Crippen LogP contribution is -2.18. The van der Waals surface area contributed by atoms with E-state index in [1.54, 1.807) is 28.7 Å². The highest BCUT2D eigenvalue weighted by Crippen LogP contribution is 2.32. The number of rotatable bonds is 1. The second-order valence-electron chi connectivity index (χ2n) is 2.26. The first-order valence-corrected chi connectivity index (χ1v) is 5.22. The molecule has 0 spiro atoms. The number of ether oxygens (including phenoxy) is 1. The smallest absolute Gasteiger partial charge is 0.403 e. The molecule has 1 heterocycles. The van der Waals surface area contributed by atoms with Crippen LogP contribution >= 0.6 is 38.5 Å². The number of nitrogens with zero attached hydrogens (tertiary/aromatic N) is 2. The van der Waals surface area contributed by atoms with Crippen molar-refractivity contribution in [2.24, 2.45) is 0 Å². The number of aromatic nitrogens is 1. The zero-order valence-corrected chi connectivity index (χ0v) is 10.5. The van der Waals surface area contributed by atoms with E-state index in [-0.39, 0.29) is 13.7 Å². The summed E-state index contributed by atoms with van der Waals surface area (Å²) in [5.41, 5.74) is 0.00826. The van der Waals surface area contributed by atoms with Gasteiger partial charge in [-0.3, -0.25) is 0 Å². The van der Waals surface area contributed by atoms with Gasteiger partial charge in [-0.15, -0.1) is 13.2 Å². The maximum absolute atomic E-state index is 11.9. The van der Waals surface area contributed by atoms with Gasteiger partial charge in [0.15, 0.2) is 11.4 Å². The Morgan fingerprint density at radius 1 is 1.53 bits per heavy atom. The number of pyridine rings is 1. The van der Waals surface area contributed by atoms with E-state index in [0.717, 1.165) is 6.20 Å². The molecule has 0 aliphatic heterocycles. The van der Waals surface area contributed by atoms with Crippen LogP contribution in [0.1, 0.15) is 5.69 Å². The molecule has 0 unspecified atom stereocenters. The van der Waals surface area contributed by atoms with Gasteiger partial charge >= 0.3 is 6.36 Å². The van der Waals surface area contributed by atoms with Crippen LogP contribution in [0.5, 0.6) is 5.75 Å². The second-order valence-corrected chi connectivity index (χ2v) is 4.13. The minimum absolute atomic E-state index is 0.00826. The molecule has 1 aromatic rings. The average Bonchev–Trinajstić information content (AvgIpc) is 2.11. The summed E-state index contributed by atoms with van der Waals surface area (Å²) in [6.07, 6.45) is -3.91. The van der Waals surface area contributed by atoms with Crippen molar-refractivity contribution < 1.29 is 17.9 Å².